The van der Waals surface area contributed by atoms with Gasteiger partial charge in [-0.05, 0) is 38.8 Å². The molecule has 0 radical (unpaired) electrons. The summed E-state index contributed by atoms with van der Waals surface area (Å²) in [6.07, 6.45) is 1.68. The third kappa shape index (κ3) is 6.19. The SMILES string of the molecule is CC(C)OCC(O)CN(Cc1c(-c2ccccc2)nn(C)c1Oc1cccc(F)c1)C1CC1. The zero-order chi connectivity index (χ0) is 23.4. The maximum absolute atomic E-state index is 13.8. The Morgan fingerprint density at radius 1 is 1.15 bits per heavy atom. The molecule has 0 amide bonds. The van der Waals surface area contributed by atoms with Crippen molar-refractivity contribution in [2.75, 3.05) is 13.2 Å². The average molecular weight is 454 g/mol. The quantitative estimate of drug-likeness (QED) is 0.453. The molecule has 33 heavy (non-hydrogen) atoms. The fourth-order valence-corrected chi connectivity index (χ4v) is 3.91. The largest absolute Gasteiger partial charge is 0.439 e. The highest BCUT2D eigenvalue weighted by atomic mass is 19.1. The lowest BCUT2D eigenvalue weighted by Crippen LogP contribution is -2.36. The second-order valence-electron chi connectivity index (χ2n) is 8.88. The van der Waals surface area contributed by atoms with Gasteiger partial charge >= 0.3 is 0 Å². The predicted octanol–water partition coefficient (Wildman–Crippen LogP) is 4.77. The van der Waals surface area contributed by atoms with Crippen LogP contribution in [-0.2, 0) is 18.3 Å². The van der Waals surface area contributed by atoms with E-state index in [0.29, 0.717) is 37.4 Å². The molecule has 6 nitrogen and oxygen atoms in total. The predicted molar refractivity (Wildman–Crippen MR) is 126 cm³/mol. The number of hydrogen-bond acceptors (Lipinski definition) is 5. The summed E-state index contributed by atoms with van der Waals surface area (Å²) in [6.45, 7) is 5.28. The molecule has 1 fully saturated rings. The average Bonchev–Trinajstić information content (AvgIpc) is 3.59. The lowest BCUT2D eigenvalue weighted by atomic mass is 10.1. The van der Waals surface area contributed by atoms with Crippen molar-refractivity contribution in [2.24, 2.45) is 7.05 Å². The van der Waals surface area contributed by atoms with Gasteiger partial charge in [0.25, 0.3) is 0 Å². The Morgan fingerprint density at radius 2 is 1.91 bits per heavy atom. The van der Waals surface area contributed by atoms with Crippen molar-refractivity contribution in [3.63, 3.8) is 0 Å². The molecule has 1 aliphatic rings. The van der Waals surface area contributed by atoms with E-state index in [1.54, 1.807) is 16.8 Å². The Labute approximate surface area is 194 Å². The van der Waals surface area contributed by atoms with Crippen LogP contribution in [0.15, 0.2) is 54.6 Å². The molecule has 1 N–H and O–H groups in total. The molecular weight excluding hydrogens is 421 g/mol. The van der Waals surface area contributed by atoms with Crippen LogP contribution in [-0.4, -0.2) is 51.2 Å². The van der Waals surface area contributed by atoms with E-state index in [1.165, 1.54) is 12.1 Å². The van der Waals surface area contributed by atoms with Crippen molar-refractivity contribution < 1.29 is 19.0 Å². The van der Waals surface area contributed by atoms with Gasteiger partial charge in [0.05, 0.1) is 24.4 Å². The van der Waals surface area contributed by atoms with Gasteiger partial charge in [0, 0.05) is 37.8 Å². The minimum Gasteiger partial charge on any atom is -0.439 e. The first-order valence-corrected chi connectivity index (χ1v) is 11.5. The molecule has 1 unspecified atom stereocenters. The maximum atomic E-state index is 13.8. The number of aromatic nitrogens is 2. The molecule has 3 aromatic rings. The van der Waals surface area contributed by atoms with Gasteiger partial charge in [-0.1, -0.05) is 36.4 Å². The zero-order valence-corrected chi connectivity index (χ0v) is 19.4. The van der Waals surface area contributed by atoms with Gasteiger partial charge < -0.3 is 14.6 Å². The van der Waals surface area contributed by atoms with Crippen LogP contribution in [0, 0.1) is 5.82 Å². The van der Waals surface area contributed by atoms with Crippen LogP contribution in [0.3, 0.4) is 0 Å². The molecule has 1 heterocycles. The summed E-state index contributed by atoms with van der Waals surface area (Å²) >= 11 is 0. The van der Waals surface area contributed by atoms with Crippen LogP contribution >= 0.6 is 0 Å². The molecule has 0 bridgehead atoms. The molecule has 1 aliphatic carbocycles. The molecule has 1 saturated carbocycles. The van der Waals surface area contributed by atoms with E-state index < -0.39 is 6.10 Å². The second kappa shape index (κ2) is 10.5. The summed E-state index contributed by atoms with van der Waals surface area (Å²) < 4.78 is 27.3. The summed E-state index contributed by atoms with van der Waals surface area (Å²) in [7, 11) is 1.83. The standard InChI is InChI=1S/C26H32FN3O3/c1-18(2)32-17-22(31)15-30(21-12-13-21)16-24-25(19-8-5-4-6-9-19)28-29(3)26(24)33-23-11-7-10-20(27)14-23/h4-11,14,18,21-22,31H,12-13,15-17H2,1-3H3. The highest BCUT2D eigenvalue weighted by Crippen LogP contribution is 2.37. The molecule has 7 heteroatoms. The first kappa shape index (κ1) is 23.4. The van der Waals surface area contributed by atoms with Crippen LogP contribution < -0.4 is 4.74 Å². The van der Waals surface area contributed by atoms with E-state index >= 15 is 0 Å². The van der Waals surface area contributed by atoms with Gasteiger partial charge in [0.2, 0.25) is 5.88 Å². The number of aliphatic hydroxyl groups excluding tert-OH is 1. The number of rotatable bonds is 11. The van der Waals surface area contributed by atoms with Crippen LogP contribution in [0.25, 0.3) is 11.3 Å². The Bertz CT molecular complexity index is 1050. The van der Waals surface area contributed by atoms with Crippen LogP contribution in [0.2, 0.25) is 0 Å². The Kier molecular flexibility index (Phi) is 7.42. The highest BCUT2D eigenvalue weighted by molar-refractivity contribution is 5.65. The molecule has 0 spiro atoms. The third-order valence-electron chi connectivity index (χ3n) is 5.64. The lowest BCUT2D eigenvalue weighted by Gasteiger charge is -2.26. The summed E-state index contributed by atoms with van der Waals surface area (Å²) in [4.78, 5) is 2.27. The van der Waals surface area contributed by atoms with E-state index in [4.69, 9.17) is 14.6 Å². The topological polar surface area (TPSA) is 59.8 Å². The Balaban J connectivity index is 1.65. The van der Waals surface area contributed by atoms with Gasteiger partial charge in [-0.15, -0.1) is 0 Å². The van der Waals surface area contributed by atoms with Gasteiger partial charge in [0.1, 0.15) is 17.3 Å². The first-order valence-electron chi connectivity index (χ1n) is 11.5. The minimum absolute atomic E-state index is 0.0725. The highest BCUT2D eigenvalue weighted by Gasteiger charge is 2.33. The van der Waals surface area contributed by atoms with Gasteiger partial charge in [-0.3, -0.25) is 4.90 Å². The van der Waals surface area contributed by atoms with Crippen LogP contribution in [0.4, 0.5) is 4.39 Å². The van der Waals surface area contributed by atoms with E-state index in [-0.39, 0.29) is 11.9 Å². The number of benzene rings is 2. The maximum Gasteiger partial charge on any atom is 0.222 e. The normalized spacial score (nSPS) is 14.8. The van der Waals surface area contributed by atoms with Crippen molar-refractivity contribution in [2.45, 2.75) is 51.5 Å². The first-order chi connectivity index (χ1) is 15.9. The molecular formula is C26H32FN3O3. The molecule has 0 aliphatic heterocycles. The van der Waals surface area contributed by atoms with Crippen LogP contribution in [0.1, 0.15) is 32.3 Å². The number of aliphatic hydroxyl groups is 1. The van der Waals surface area contributed by atoms with Crippen LogP contribution in [0.5, 0.6) is 11.6 Å². The second-order valence-corrected chi connectivity index (χ2v) is 8.88. The minimum atomic E-state index is -0.586. The number of halogens is 1. The monoisotopic (exact) mass is 453 g/mol. The number of ether oxygens (including phenoxy) is 2. The van der Waals surface area contributed by atoms with Crippen molar-refractivity contribution in [1.29, 1.82) is 0 Å². The van der Waals surface area contributed by atoms with Gasteiger partial charge in [-0.2, -0.15) is 5.10 Å². The molecule has 4 rings (SSSR count). The van der Waals surface area contributed by atoms with Crippen molar-refractivity contribution in [3.05, 3.63) is 66.0 Å². The fourth-order valence-electron chi connectivity index (χ4n) is 3.91. The van der Waals surface area contributed by atoms with Crippen molar-refractivity contribution >= 4 is 0 Å². The number of hydrogen-bond donors (Lipinski definition) is 1. The summed E-state index contributed by atoms with van der Waals surface area (Å²) in [6, 6.07) is 16.5. The van der Waals surface area contributed by atoms with Crippen molar-refractivity contribution in [3.8, 4) is 22.9 Å². The van der Waals surface area contributed by atoms with Gasteiger partial charge in [0.15, 0.2) is 0 Å². The molecule has 1 aromatic heterocycles. The number of aryl methyl sites for hydroxylation is 1. The summed E-state index contributed by atoms with van der Waals surface area (Å²) in [5.74, 6) is 0.632. The smallest absolute Gasteiger partial charge is 0.222 e. The van der Waals surface area contributed by atoms with Gasteiger partial charge in [-0.25, -0.2) is 9.07 Å². The number of nitrogens with zero attached hydrogens (tertiary/aromatic N) is 3. The molecule has 176 valence electrons. The van der Waals surface area contributed by atoms with E-state index in [0.717, 1.165) is 29.7 Å². The third-order valence-corrected chi connectivity index (χ3v) is 5.64. The molecule has 2 aromatic carbocycles. The zero-order valence-electron chi connectivity index (χ0n) is 19.4. The van der Waals surface area contributed by atoms with E-state index in [2.05, 4.69) is 4.90 Å². The van der Waals surface area contributed by atoms with E-state index in [1.807, 2.05) is 51.2 Å². The Hall–Kier alpha value is -2.74. The molecule has 0 saturated heterocycles. The lowest BCUT2D eigenvalue weighted by molar-refractivity contribution is -0.0107. The summed E-state index contributed by atoms with van der Waals surface area (Å²) in [5, 5.41) is 15.3. The van der Waals surface area contributed by atoms with E-state index in [9.17, 15) is 9.50 Å². The Morgan fingerprint density at radius 3 is 2.58 bits per heavy atom. The summed E-state index contributed by atoms with van der Waals surface area (Å²) in [5.41, 5.74) is 2.72. The molecule has 1 atom stereocenters. The fraction of sp³-hybridized carbons (Fsp3) is 0.423. The van der Waals surface area contributed by atoms with Crippen molar-refractivity contribution in [1.82, 2.24) is 14.7 Å².